The fourth-order valence-corrected chi connectivity index (χ4v) is 3.54. The quantitative estimate of drug-likeness (QED) is 0.617. The summed E-state index contributed by atoms with van der Waals surface area (Å²) in [6.45, 7) is 2.92. The van der Waals surface area contributed by atoms with Gasteiger partial charge in [-0.15, -0.1) is 0 Å². The molecule has 1 aromatic rings. The summed E-state index contributed by atoms with van der Waals surface area (Å²) >= 11 is 6.00. The van der Waals surface area contributed by atoms with E-state index in [2.05, 4.69) is 6.08 Å². The van der Waals surface area contributed by atoms with E-state index in [0.717, 1.165) is 12.0 Å². The second-order valence-corrected chi connectivity index (χ2v) is 7.56. The van der Waals surface area contributed by atoms with Gasteiger partial charge in [0.25, 0.3) is 15.0 Å². The summed E-state index contributed by atoms with van der Waals surface area (Å²) in [7, 11) is 1.35. The average Bonchev–Trinajstić information content (AvgIpc) is 2.36. The van der Waals surface area contributed by atoms with Crippen LogP contribution in [-0.2, 0) is 9.05 Å². The first-order valence-corrected chi connectivity index (χ1v) is 8.67. The molecular formula is C13H13Cl2NO3S. The Morgan fingerprint density at radius 1 is 1.35 bits per heavy atom. The van der Waals surface area contributed by atoms with Gasteiger partial charge in [0.05, 0.1) is 15.5 Å². The normalized spacial score (nSPS) is 15.9. The summed E-state index contributed by atoms with van der Waals surface area (Å²) in [5.74, 6) is -0.415. The van der Waals surface area contributed by atoms with E-state index in [0.29, 0.717) is 13.1 Å². The maximum absolute atomic E-state index is 12.5. The Labute approximate surface area is 127 Å². The van der Waals surface area contributed by atoms with Crippen molar-refractivity contribution in [1.82, 2.24) is 4.90 Å². The van der Waals surface area contributed by atoms with Gasteiger partial charge in [0.1, 0.15) is 0 Å². The van der Waals surface area contributed by atoms with E-state index in [4.69, 9.17) is 22.3 Å². The van der Waals surface area contributed by atoms with Crippen LogP contribution < -0.4 is 0 Å². The van der Waals surface area contributed by atoms with E-state index < -0.39 is 15.0 Å². The highest BCUT2D eigenvalue weighted by molar-refractivity contribution is 8.13. The van der Waals surface area contributed by atoms with Gasteiger partial charge in [-0.25, -0.2) is 8.42 Å². The molecule has 0 radical (unpaired) electrons. The molecule has 4 nitrogen and oxygen atoms in total. The summed E-state index contributed by atoms with van der Waals surface area (Å²) in [4.78, 5) is 13.8. The number of amides is 1. The molecule has 0 saturated heterocycles. The Morgan fingerprint density at radius 2 is 2.05 bits per heavy atom. The number of rotatable bonds is 2. The zero-order valence-electron chi connectivity index (χ0n) is 10.8. The Morgan fingerprint density at radius 3 is 2.65 bits per heavy atom. The smallest absolute Gasteiger partial charge is 0.262 e. The van der Waals surface area contributed by atoms with Crippen molar-refractivity contribution in [2.45, 2.75) is 18.2 Å². The predicted octanol–water partition coefficient (Wildman–Crippen LogP) is 3.06. The Balaban J connectivity index is 2.47. The molecule has 1 aromatic carbocycles. The van der Waals surface area contributed by atoms with Crippen molar-refractivity contribution in [3.8, 4) is 0 Å². The monoisotopic (exact) mass is 333 g/mol. The third-order valence-electron chi connectivity index (χ3n) is 3.07. The van der Waals surface area contributed by atoms with Crippen molar-refractivity contribution in [2.75, 3.05) is 13.1 Å². The van der Waals surface area contributed by atoms with Gasteiger partial charge >= 0.3 is 0 Å². The molecule has 1 aliphatic rings. The van der Waals surface area contributed by atoms with Crippen LogP contribution in [0.3, 0.4) is 0 Å². The van der Waals surface area contributed by atoms with Crippen molar-refractivity contribution < 1.29 is 13.2 Å². The van der Waals surface area contributed by atoms with Gasteiger partial charge in [-0.3, -0.25) is 4.79 Å². The van der Waals surface area contributed by atoms with Crippen molar-refractivity contribution in [1.29, 1.82) is 0 Å². The number of carbonyl (C=O) groups is 1. The van der Waals surface area contributed by atoms with E-state index in [1.165, 1.54) is 18.2 Å². The van der Waals surface area contributed by atoms with E-state index >= 15 is 0 Å². The van der Waals surface area contributed by atoms with E-state index in [9.17, 15) is 13.2 Å². The molecule has 108 valence electrons. The van der Waals surface area contributed by atoms with E-state index in [-0.39, 0.29) is 15.5 Å². The number of hydrogen-bond acceptors (Lipinski definition) is 3. The number of hydrogen-bond donors (Lipinski definition) is 0. The minimum Gasteiger partial charge on any atom is -0.334 e. The zero-order chi connectivity index (χ0) is 14.9. The molecule has 0 spiro atoms. The molecule has 0 unspecified atom stereocenters. The average molecular weight is 334 g/mol. The highest BCUT2D eigenvalue weighted by Crippen LogP contribution is 2.28. The van der Waals surface area contributed by atoms with Crippen LogP contribution in [0.15, 0.2) is 34.7 Å². The molecule has 0 N–H and O–H groups in total. The van der Waals surface area contributed by atoms with Gasteiger partial charge in [-0.2, -0.15) is 0 Å². The van der Waals surface area contributed by atoms with Gasteiger partial charge in [0.15, 0.2) is 0 Å². The number of nitrogens with zero attached hydrogens (tertiary/aromatic N) is 1. The van der Waals surface area contributed by atoms with Crippen LogP contribution in [0.5, 0.6) is 0 Å². The van der Waals surface area contributed by atoms with Crippen molar-refractivity contribution in [3.63, 3.8) is 0 Å². The fraction of sp³-hybridized carbons (Fsp3) is 0.308. The topological polar surface area (TPSA) is 54.5 Å². The second-order valence-electron chi connectivity index (χ2n) is 4.62. The van der Waals surface area contributed by atoms with Crippen LogP contribution in [0, 0.1) is 0 Å². The molecular weight excluding hydrogens is 321 g/mol. The molecule has 7 heteroatoms. The van der Waals surface area contributed by atoms with Crippen LogP contribution in [-0.4, -0.2) is 32.3 Å². The van der Waals surface area contributed by atoms with Crippen LogP contribution in [0.1, 0.15) is 23.7 Å². The van der Waals surface area contributed by atoms with Crippen molar-refractivity contribution >= 4 is 37.2 Å². The lowest BCUT2D eigenvalue weighted by Gasteiger charge is -2.27. The second kappa shape index (κ2) is 5.76. The lowest BCUT2D eigenvalue weighted by molar-refractivity contribution is 0.0762. The minimum absolute atomic E-state index is 0.0566. The third kappa shape index (κ3) is 3.16. The Kier molecular flexibility index (Phi) is 4.42. The molecule has 0 bridgehead atoms. The molecule has 20 heavy (non-hydrogen) atoms. The minimum atomic E-state index is -4.03. The fourth-order valence-electron chi connectivity index (χ4n) is 2.16. The lowest BCUT2D eigenvalue weighted by Crippen LogP contribution is -2.36. The Hall–Kier alpha value is -1.04. The highest BCUT2D eigenvalue weighted by atomic mass is 35.7. The summed E-state index contributed by atoms with van der Waals surface area (Å²) in [6, 6.07) is 4.22. The first-order valence-electron chi connectivity index (χ1n) is 5.99. The molecule has 0 atom stereocenters. The molecule has 0 aliphatic carbocycles. The molecule has 1 amide bonds. The number of benzene rings is 1. The van der Waals surface area contributed by atoms with Gasteiger partial charge in [0.2, 0.25) is 0 Å². The van der Waals surface area contributed by atoms with Crippen LogP contribution >= 0.6 is 22.3 Å². The third-order valence-corrected chi connectivity index (χ3v) is 4.75. The van der Waals surface area contributed by atoms with Gasteiger partial charge in [-0.1, -0.05) is 29.3 Å². The van der Waals surface area contributed by atoms with E-state index in [1.54, 1.807) is 4.90 Å². The molecule has 1 heterocycles. The standard InChI is InChI=1S/C13H13Cl2NO3S/c1-9-4-3-7-16(8-9)13(17)12-10(14)5-2-6-11(12)20(15,18)19/h2,4-6H,3,7-8H2,1H3. The van der Waals surface area contributed by atoms with Crippen LogP contribution in [0.2, 0.25) is 5.02 Å². The molecule has 0 saturated carbocycles. The van der Waals surface area contributed by atoms with Crippen molar-refractivity contribution in [2.24, 2.45) is 0 Å². The van der Waals surface area contributed by atoms with Gasteiger partial charge in [0, 0.05) is 23.8 Å². The van der Waals surface area contributed by atoms with Gasteiger partial charge < -0.3 is 4.90 Å². The van der Waals surface area contributed by atoms with Crippen LogP contribution in [0.25, 0.3) is 0 Å². The lowest BCUT2D eigenvalue weighted by atomic mass is 10.1. The maximum Gasteiger partial charge on any atom is 0.262 e. The molecule has 1 aliphatic heterocycles. The SMILES string of the molecule is CC1=CCCN(C(=O)c2c(Cl)cccc2S(=O)(=O)Cl)C1. The molecule has 0 fully saturated rings. The summed E-state index contributed by atoms with van der Waals surface area (Å²) in [5.41, 5.74) is 1.01. The largest absolute Gasteiger partial charge is 0.334 e. The summed E-state index contributed by atoms with van der Waals surface area (Å²) < 4.78 is 23.2. The highest BCUT2D eigenvalue weighted by Gasteiger charge is 2.27. The van der Waals surface area contributed by atoms with Crippen LogP contribution in [0.4, 0.5) is 0 Å². The first-order chi connectivity index (χ1) is 9.30. The van der Waals surface area contributed by atoms with E-state index in [1.807, 2.05) is 6.92 Å². The Bertz CT molecular complexity index is 683. The number of halogens is 2. The first kappa shape index (κ1) is 15.4. The summed E-state index contributed by atoms with van der Waals surface area (Å²) in [6.07, 6.45) is 2.79. The predicted molar refractivity (Wildman–Crippen MR) is 78.8 cm³/mol. The summed E-state index contributed by atoms with van der Waals surface area (Å²) in [5, 5.41) is 0.0870. The maximum atomic E-state index is 12.5. The molecule has 0 aromatic heterocycles. The van der Waals surface area contributed by atoms with Gasteiger partial charge in [-0.05, 0) is 25.5 Å². The van der Waals surface area contributed by atoms with Crippen molar-refractivity contribution in [3.05, 3.63) is 40.4 Å². The zero-order valence-corrected chi connectivity index (χ0v) is 13.1. The molecule has 2 rings (SSSR count). The number of carbonyl (C=O) groups excluding carboxylic acids is 1.